The van der Waals surface area contributed by atoms with Gasteiger partial charge in [0.2, 0.25) is 0 Å². The number of alkyl halides is 3. The molecule has 0 atom stereocenters. The first kappa shape index (κ1) is 18.0. The first-order chi connectivity index (χ1) is 12.1. The number of nitrogens with zero attached hydrogens (tertiary/aromatic N) is 2. The first-order valence-electron chi connectivity index (χ1n) is 7.33. The van der Waals surface area contributed by atoms with Gasteiger partial charge in [-0.15, -0.1) is 13.2 Å². The van der Waals surface area contributed by atoms with Gasteiger partial charge in [0.05, 0.1) is 16.8 Å². The Morgan fingerprint density at radius 3 is 2.12 bits per heavy atom. The van der Waals surface area contributed by atoms with Gasteiger partial charge in [-0.3, -0.25) is 0 Å². The molecule has 26 heavy (non-hydrogen) atoms. The van der Waals surface area contributed by atoms with Crippen LogP contribution in [0.4, 0.5) is 13.2 Å². The molecular formula is C17H13F3N2O3S. The van der Waals surface area contributed by atoms with Gasteiger partial charge in [0.25, 0.3) is 0 Å². The van der Waals surface area contributed by atoms with Crippen LogP contribution in [-0.2, 0) is 9.84 Å². The molecule has 0 aliphatic rings. The maximum absolute atomic E-state index is 12.2. The number of sulfone groups is 1. The second-order valence-electron chi connectivity index (χ2n) is 5.51. The summed E-state index contributed by atoms with van der Waals surface area (Å²) in [5.41, 5.74) is 2.01. The van der Waals surface area contributed by atoms with Crippen LogP contribution in [-0.4, -0.2) is 30.8 Å². The third-order valence-electron chi connectivity index (χ3n) is 3.53. The van der Waals surface area contributed by atoms with Crippen LogP contribution in [0.15, 0.2) is 65.8 Å². The van der Waals surface area contributed by atoms with Gasteiger partial charge >= 0.3 is 6.36 Å². The van der Waals surface area contributed by atoms with Crippen molar-refractivity contribution in [2.24, 2.45) is 0 Å². The monoisotopic (exact) mass is 382 g/mol. The Morgan fingerprint density at radius 2 is 1.58 bits per heavy atom. The molecule has 2 aromatic carbocycles. The third kappa shape index (κ3) is 4.23. The highest BCUT2D eigenvalue weighted by Gasteiger charge is 2.30. The lowest BCUT2D eigenvalue weighted by atomic mass is 10.1. The summed E-state index contributed by atoms with van der Waals surface area (Å²) in [6, 6.07) is 11.6. The Hall–Kier alpha value is -2.81. The van der Waals surface area contributed by atoms with E-state index in [-0.39, 0.29) is 10.6 Å². The fourth-order valence-corrected chi connectivity index (χ4v) is 2.94. The van der Waals surface area contributed by atoms with Crippen LogP contribution < -0.4 is 4.74 Å². The quantitative estimate of drug-likeness (QED) is 0.688. The van der Waals surface area contributed by atoms with Crippen LogP contribution in [0.5, 0.6) is 5.75 Å². The molecule has 0 spiro atoms. The van der Waals surface area contributed by atoms with Gasteiger partial charge in [0.1, 0.15) is 5.75 Å². The van der Waals surface area contributed by atoms with E-state index in [4.69, 9.17) is 0 Å². The standard InChI is InChI=1S/C17H13F3N2O3S/c1-26(23,24)16-8-4-14(5-9-16)22-11-13(10-21-22)12-2-6-15(7-3-12)25-17(18,19)20/h2-11H,1H3. The van der Waals surface area contributed by atoms with Crippen molar-refractivity contribution < 1.29 is 26.3 Å². The highest BCUT2D eigenvalue weighted by atomic mass is 32.2. The second-order valence-corrected chi connectivity index (χ2v) is 7.53. The normalized spacial score (nSPS) is 12.2. The lowest BCUT2D eigenvalue weighted by Crippen LogP contribution is -2.16. The minimum Gasteiger partial charge on any atom is -0.406 e. The largest absolute Gasteiger partial charge is 0.573 e. The summed E-state index contributed by atoms with van der Waals surface area (Å²) in [6.07, 6.45) is -0.357. The van der Waals surface area contributed by atoms with Crippen molar-refractivity contribution in [3.05, 3.63) is 60.9 Å². The van der Waals surface area contributed by atoms with E-state index in [1.165, 1.54) is 36.4 Å². The molecule has 5 nitrogen and oxygen atoms in total. The van der Waals surface area contributed by atoms with Crippen molar-refractivity contribution in [1.29, 1.82) is 0 Å². The average Bonchev–Trinajstić information content (AvgIpc) is 3.03. The van der Waals surface area contributed by atoms with Crippen LogP contribution >= 0.6 is 0 Å². The van der Waals surface area contributed by atoms with Gasteiger partial charge in [-0.2, -0.15) is 5.10 Å². The highest BCUT2D eigenvalue weighted by Crippen LogP contribution is 2.26. The third-order valence-corrected chi connectivity index (χ3v) is 4.66. The summed E-state index contributed by atoms with van der Waals surface area (Å²) in [6.45, 7) is 0. The Bertz CT molecular complexity index is 1010. The van der Waals surface area contributed by atoms with E-state index < -0.39 is 16.2 Å². The maximum atomic E-state index is 12.2. The van der Waals surface area contributed by atoms with Crippen LogP contribution in [0, 0.1) is 0 Å². The van der Waals surface area contributed by atoms with E-state index in [0.717, 1.165) is 6.26 Å². The number of aromatic nitrogens is 2. The second kappa shape index (κ2) is 6.49. The summed E-state index contributed by atoms with van der Waals surface area (Å²) in [4.78, 5) is 0.203. The lowest BCUT2D eigenvalue weighted by molar-refractivity contribution is -0.274. The van der Waals surface area contributed by atoms with Crippen molar-refractivity contribution in [3.63, 3.8) is 0 Å². The Kier molecular flexibility index (Phi) is 4.49. The van der Waals surface area contributed by atoms with E-state index in [0.29, 0.717) is 16.8 Å². The van der Waals surface area contributed by atoms with Crippen LogP contribution in [0.1, 0.15) is 0 Å². The summed E-state index contributed by atoms with van der Waals surface area (Å²) in [7, 11) is -3.28. The molecule has 0 fully saturated rings. The van der Waals surface area contributed by atoms with Crippen molar-refractivity contribution in [1.82, 2.24) is 9.78 Å². The zero-order valence-corrected chi connectivity index (χ0v) is 14.3. The van der Waals surface area contributed by atoms with Gasteiger partial charge in [-0.25, -0.2) is 13.1 Å². The molecule has 0 aliphatic carbocycles. The van der Waals surface area contributed by atoms with Gasteiger partial charge in [0, 0.05) is 18.0 Å². The SMILES string of the molecule is CS(=O)(=O)c1ccc(-n2cc(-c3ccc(OC(F)(F)F)cc3)cn2)cc1. The maximum Gasteiger partial charge on any atom is 0.573 e. The highest BCUT2D eigenvalue weighted by molar-refractivity contribution is 7.90. The zero-order valence-electron chi connectivity index (χ0n) is 13.4. The average molecular weight is 382 g/mol. The van der Waals surface area contributed by atoms with Crippen LogP contribution in [0.2, 0.25) is 0 Å². The molecule has 0 amide bonds. The summed E-state index contributed by atoms with van der Waals surface area (Å²) in [5, 5.41) is 4.19. The number of rotatable bonds is 4. The van der Waals surface area contributed by atoms with E-state index in [9.17, 15) is 21.6 Å². The molecule has 0 N–H and O–H groups in total. The summed E-state index contributed by atoms with van der Waals surface area (Å²) < 4.78 is 64.9. The van der Waals surface area contributed by atoms with Crippen molar-refractivity contribution in [2.45, 2.75) is 11.3 Å². The Balaban J connectivity index is 1.81. The minimum atomic E-state index is -4.73. The van der Waals surface area contributed by atoms with Crippen LogP contribution in [0.25, 0.3) is 16.8 Å². The van der Waals surface area contributed by atoms with E-state index in [2.05, 4.69) is 9.84 Å². The van der Waals surface area contributed by atoms with Crippen LogP contribution in [0.3, 0.4) is 0 Å². The van der Waals surface area contributed by atoms with Gasteiger partial charge in [-0.1, -0.05) is 12.1 Å². The Morgan fingerprint density at radius 1 is 0.962 bits per heavy atom. The fraction of sp³-hybridized carbons (Fsp3) is 0.118. The molecule has 0 radical (unpaired) electrons. The molecule has 0 unspecified atom stereocenters. The lowest BCUT2D eigenvalue weighted by Gasteiger charge is -2.08. The topological polar surface area (TPSA) is 61.2 Å². The number of halogens is 3. The molecular weight excluding hydrogens is 369 g/mol. The molecule has 0 saturated heterocycles. The number of hydrogen-bond acceptors (Lipinski definition) is 4. The molecule has 1 heterocycles. The molecule has 3 rings (SSSR count). The number of ether oxygens (including phenoxy) is 1. The Labute approximate surface area is 147 Å². The molecule has 3 aromatic rings. The first-order valence-corrected chi connectivity index (χ1v) is 9.22. The zero-order chi connectivity index (χ0) is 18.9. The predicted molar refractivity (Wildman–Crippen MR) is 88.8 cm³/mol. The van der Waals surface area contributed by atoms with E-state index >= 15 is 0 Å². The molecule has 0 bridgehead atoms. The van der Waals surface area contributed by atoms with Gasteiger partial charge < -0.3 is 4.74 Å². The molecule has 1 aromatic heterocycles. The summed E-state index contributed by atoms with van der Waals surface area (Å²) in [5.74, 6) is -0.301. The summed E-state index contributed by atoms with van der Waals surface area (Å²) >= 11 is 0. The van der Waals surface area contributed by atoms with E-state index in [1.807, 2.05) is 0 Å². The van der Waals surface area contributed by atoms with Crippen molar-refractivity contribution in [3.8, 4) is 22.6 Å². The number of hydrogen-bond donors (Lipinski definition) is 0. The predicted octanol–water partition coefficient (Wildman–Crippen LogP) is 3.84. The smallest absolute Gasteiger partial charge is 0.406 e. The minimum absolute atomic E-state index is 0.203. The van der Waals surface area contributed by atoms with E-state index in [1.54, 1.807) is 29.2 Å². The molecule has 9 heteroatoms. The molecule has 136 valence electrons. The van der Waals surface area contributed by atoms with Gasteiger partial charge in [-0.05, 0) is 42.0 Å². The molecule has 0 saturated carbocycles. The number of benzene rings is 2. The van der Waals surface area contributed by atoms with Gasteiger partial charge in [0.15, 0.2) is 9.84 Å². The molecule has 0 aliphatic heterocycles. The fourth-order valence-electron chi connectivity index (χ4n) is 2.31. The van der Waals surface area contributed by atoms with Crippen molar-refractivity contribution in [2.75, 3.05) is 6.26 Å². The van der Waals surface area contributed by atoms with Crippen molar-refractivity contribution >= 4 is 9.84 Å².